The number of nitrogens with zero attached hydrogens (tertiary/aromatic N) is 3. The van der Waals surface area contributed by atoms with E-state index in [2.05, 4.69) is 138 Å². The topological polar surface area (TPSA) is 64.3 Å². The molecule has 0 bridgehead atoms. The molecule has 0 aliphatic carbocycles. The maximum Gasteiger partial charge on any atom is 0.173 e. The van der Waals surface area contributed by atoms with E-state index < -0.39 is 14.3 Å². The van der Waals surface area contributed by atoms with Crippen molar-refractivity contribution in [2.75, 3.05) is 0 Å². The minimum atomic E-state index is -3.08. The molecule has 0 fully saturated rings. The Morgan fingerprint density at radius 3 is 1.55 bits per heavy atom. The highest BCUT2D eigenvalue weighted by Crippen LogP contribution is 2.53. The third kappa shape index (κ3) is 5.32. The molecule has 3 aromatic heterocycles. The highest BCUT2D eigenvalue weighted by Gasteiger charge is 2.41. The van der Waals surface area contributed by atoms with E-state index in [1.807, 2.05) is 91.1 Å². The van der Waals surface area contributed by atoms with Crippen LogP contribution in [-0.2, 0) is 9.13 Å². The summed E-state index contributed by atoms with van der Waals surface area (Å²) in [7, 11) is -6.12. The van der Waals surface area contributed by atoms with Crippen LogP contribution < -0.4 is 31.8 Å². The highest BCUT2D eigenvalue weighted by atomic mass is 31.2. The first-order valence-electron chi connectivity index (χ1n) is 23.3. The van der Waals surface area contributed by atoms with Gasteiger partial charge in [0.1, 0.15) is 5.65 Å². The molecule has 0 amide bonds. The molecule has 2 aliphatic rings. The van der Waals surface area contributed by atoms with E-state index in [0.29, 0.717) is 0 Å². The number of hydrogen-bond acceptors (Lipinski definition) is 4. The third-order valence-corrected chi connectivity index (χ3v) is 21.1. The first-order chi connectivity index (χ1) is 33.9. The summed E-state index contributed by atoms with van der Waals surface area (Å²) in [6.07, 6.45) is 1.81. The molecule has 0 atom stereocenters. The third-order valence-electron chi connectivity index (χ3n) is 14.8. The van der Waals surface area contributed by atoms with E-state index in [1.165, 1.54) is 0 Å². The zero-order valence-electron chi connectivity index (χ0n) is 36.9. The Hall–Kier alpha value is -8.20. The number of pyridine rings is 2. The van der Waals surface area contributed by atoms with Crippen molar-refractivity contribution in [3.63, 3.8) is 0 Å². The van der Waals surface area contributed by atoms with Gasteiger partial charge in [0.05, 0.1) is 22.2 Å². The Bertz CT molecular complexity index is 4420. The average molecular weight is 918 g/mol. The summed E-state index contributed by atoms with van der Waals surface area (Å²) in [6, 6.07) is 75.5. The van der Waals surface area contributed by atoms with E-state index in [-0.39, 0.29) is 0 Å². The standard InChI is InChI=1S/C62H37N3O2P2/c66-68(57-17-7-3-12-48(57)49-13-4-8-18-58(49)68)44-27-23-39-33-38(21-22-40(39)35-44)41-26-31-55-56(36-41)65-61-46-29-25-43(34-42(46)24-30-52(61)47-11-1-2-16-53(47)62(65)64-55)54-32-28-45(37-63-54)69(67)59-19-9-5-14-50(59)51-15-6-10-20-60(51)69/h1-37H. The van der Waals surface area contributed by atoms with Crippen molar-refractivity contribution in [1.82, 2.24) is 14.4 Å². The van der Waals surface area contributed by atoms with Gasteiger partial charge in [0, 0.05) is 59.7 Å². The number of fused-ring (bicyclic) bond motifs is 17. The van der Waals surface area contributed by atoms with Crippen molar-refractivity contribution in [2.24, 2.45) is 0 Å². The molecule has 5 nitrogen and oxygen atoms in total. The molecule has 0 unspecified atom stereocenters. The second kappa shape index (κ2) is 14.2. The normalized spacial score (nSPS) is 14.1. The van der Waals surface area contributed by atoms with Crippen molar-refractivity contribution in [2.45, 2.75) is 0 Å². The van der Waals surface area contributed by atoms with Gasteiger partial charge in [-0.1, -0.05) is 176 Å². The predicted octanol–water partition coefficient (Wildman–Crippen LogP) is 13.1. The Labute approximate surface area is 396 Å². The fourth-order valence-electron chi connectivity index (χ4n) is 11.6. The molecule has 69 heavy (non-hydrogen) atoms. The largest absolute Gasteiger partial charge is 0.309 e. The molecule has 15 rings (SSSR count). The SMILES string of the molecule is O=P1(c2ccc(-c3ccc4c(ccc5c6ccccc6c6nc7ccc(-c8ccc9cc(P%10(=O)c%11ccccc%11-c%11ccccc%11%10)ccc9c8)cc7n6c45)c3)nc2)c2ccccc2-c2ccccc21. The van der Waals surface area contributed by atoms with Crippen molar-refractivity contribution >= 4 is 106 Å². The van der Waals surface area contributed by atoms with Crippen LogP contribution in [0.15, 0.2) is 225 Å². The molecule has 0 radical (unpaired) electrons. The first kappa shape index (κ1) is 38.9. The van der Waals surface area contributed by atoms with Gasteiger partial charge >= 0.3 is 0 Å². The van der Waals surface area contributed by atoms with Crippen LogP contribution in [0.5, 0.6) is 0 Å². The number of benzene rings is 10. The minimum Gasteiger partial charge on any atom is -0.309 e. The molecule has 0 N–H and O–H groups in total. The fraction of sp³-hybridized carbons (Fsp3) is 0. The second-order valence-corrected chi connectivity index (χ2v) is 23.7. The molecular weight excluding hydrogens is 881 g/mol. The maximum atomic E-state index is 15.2. The number of rotatable bonds is 4. The molecule has 0 saturated heterocycles. The van der Waals surface area contributed by atoms with Gasteiger partial charge in [-0.15, -0.1) is 0 Å². The van der Waals surface area contributed by atoms with E-state index in [4.69, 9.17) is 9.97 Å². The van der Waals surface area contributed by atoms with E-state index >= 15 is 9.13 Å². The van der Waals surface area contributed by atoms with Gasteiger partial charge in [0.25, 0.3) is 0 Å². The van der Waals surface area contributed by atoms with Gasteiger partial charge in [-0.05, 0) is 97.4 Å². The van der Waals surface area contributed by atoms with Gasteiger partial charge in [-0.2, -0.15) is 0 Å². The predicted molar refractivity (Wildman–Crippen MR) is 288 cm³/mol. The summed E-state index contributed by atoms with van der Waals surface area (Å²) >= 11 is 0. The molecule has 0 saturated carbocycles. The van der Waals surface area contributed by atoms with Crippen molar-refractivity contribution in [3.05, 3.63) is 225 Å². The smallest absolute Gasteiger partial charge is 0.173 e. The Morgan fingerprint density at radius 2 is 0.884 bits per heavy atom. The maximum absolute atomic E-state index is 15.2. The number of aromatic nitrogens is 3. The summed E-state index contributed by atoms with van der Waals surface area (Å²) in [5.74, 6) is 0. The van der Waals surface area contributed by atoms with Crippen LogP contribution >= 0.6 is 14.3 Å². The van der Waals surface area contributed by atoms with Crippen LogP contribution in [0.1, 0.15) is 0 Å². The van der Waals surface area contributed by atoms with E-state index in [9.17, 15) is 0 Å². The summed E-state index contributed by atoms with van der Waals surface area (Å²) in [4.78, 5) is 10.3. The Balaban J connectivity index is 0.842. The van der Waals surface area contributed by atoms with Gasteiger partial charge in [-0.25, -0.2) is 4.98 Å². The fourth-order valence-corrected chi connectivity index (χ4v) is 17.6. The van der Waals surface area contributed by atoms with Crippen LogP contribution in [-0.4, -0.2) is 14.4 Å². The zero-order valence-corrected chi connectivity index (χ0v) is 38.7. The summed E-state index contributed by atoms with van der Waals surface area (Å²) in [5, 5.41) is 12.9. The zero-order chi connectivity index (χ0) is 45.6. The van der Waals surface area contributed by atoms with Gasteiger partial charge in [0.2, 0.25) is 0 Å². The molecule has 322 valence electrons. The highest BCUT2D eigenvalue weighted by molar-refractivity contribution is 7.87. The molecule has 10 aromatic carbocycles. The van der Waals surface area contributed by atoms with Gasteiger partial charge in [0.15, 0.2) is 14.3 Å². The summed E-state index contributed by atoms with van der Waals surface area (Å²) in [5.41, 5.74) is 12.2. The van der Waals surface area contributed by atoms with E-state index in [0.717, 1.165) is 136 Å². The van der Waals surface area contributed by atoms with Crippen LogP contribution in [0, 0.1) is 0 Å². The van der Waals surface area contributed by atoms with Crippen molar-refractivity contribution in [3.8, 4) is 44.6 Å². The monoisotopic (exact) mass is 917 g/mol. The van der Waals surface area contributed by atoms with Crippen LogP contribution in [0.4, 0.5) is 0 Å². The van der Waals surface area contributed by atoms with Crippen LogP contribution in [0.25, 0.3) is 105 Å². The lowest BCUT2D eigenvalue weighted by atomic mass is 9.98. The van der Waals surface area contributed by atoms with Crippen LogP contribution in [0.3, 0.4) is 0 Å². The Morgan fingerprint density at radius 1 is 0.377 bits per heavy atom. The number of hydrogen-bond donors (Lipinski definition) is 0. The summed E-state index contributed by atoms with van der Waals surface area (Å²) < 4.78 is 32.7. The molecule has 5 heterocycles. The van der Waals surface area contributed by atoms with Crippen LogP contribution in [0.2, 0.25) is 0 Å². The first-order valence-corrected chi connectivity index (χ1v) is 26.7. The molecule has 2 aliphatic heterocycles. The quantitative estimate of drug-likeness (QED) is 0.130. The molecular formula is C62H37N3O2P2. The second-order valence-electron chi connectivity index (χ2n) is 18.4. The lowest BCUT2D eigenvalue weighted by Crippen LogP contribution is -2.21. The van der Waals surface area contributed by atoms with Gasteiger partial charge < -0.3 is 9.13 Å². The van der Waals surface area contributed by atoms with E-state index in [1.54, 1.807) is 0 Å². The molecule has 0 spiro atoms. The van der Waals surface area contributed by atoms with Gasteiger partial charge in [-0.3, -0.25) is 9.38 Å². The minimum absolute atomic E-state index is 0.740. The van der Waals surface area contributed by atoms with Crippen molar-refractivity contribution in [1.29, 1.82) is 0 Å². The number of imidazole rings is 1. The lowest BCUT2D eigenvalue weighted by Gasteiger charge is -2.16. The molecule has 7 heteroatoms. The average Bonchev–Trinajstić information content (AvgIpc) is 4.02. The van der Waals surface area contributed by atoms with Crippen molar-refractivity contribution < 1.29 is 9.13 Å². The molecule has 13 aromatic rings. The lowest BCUT2D eigenvalue weighted by molar-refractivity contribution is 0.592. The Kier molecular flexibility index (Phi) is 7.98. The summed E-state index contributed by atoms with van der Waals surface area (Å²) in [6.45, 7) is 0.